The molecule has 1 amide bonds. The molecule has 0 heterocycles. The molecule has 1 aromatic carbocycles. The van der Waals surface area contributed by atoms with Crippen LogP contribution in [-0.2, 0) is 11.4 Å². The van der Waals surface area contributed by atoms with Gasteiger partial charge < -0.3 is 10.4 Å². The van der Waals surface area contributed by atoms with Crippen LogP contribution in [0.3, 0.4) is 0 Å². The van der Waals surface area contributed by atoms with Gasteiger partial charge in [0.2, 0.25) is 5.91 Å². The van der Waals surface area contributed by atoms with Crippen molar-refractivity contribution in [3.8, 4) is 0 Å². The van der Waals surface area contributed by atoms with Crippen molar-refractivity contribution >= 4 is 11.6 Å². The third-order valence-corrected chi connectivity index (χ3v) is 5.98. The molecule has 4 fully saturated rings. The number of hydrogen-bond donors (Lipinski definition) is 2. The maximum Gasteiger partial charge on any atom is 0.228 e. The molecule has 21 heavy (non-hydrogen) atoms. The highest BCUT2D eigenvalue weighted by atomic mass is 16.3. The van der Waals surface area contributed by atoms with Crippen molar-refractivity contribution in [2.24, 2.45) is 29.6 Å². The zero-order chi connectivity index (χ0) is 14.4. The lowest BCUT2D eigenvalue weighted by Crippen LogP contribution is -2.49. The van der Waals surface area contributed by atoms with E-state index in [9.17, 15) is 9.90 Å². The number of anilines is 1. The zero-order valence-electron chi connectivity index (χ0n) is 12.3. The van der Waals surface area contributed by atoms with Crippen molar-refractivity contribution < 1.29 is 9.90 Å². The number of rotatable bonds is 3. The van der Waals surface area contributed by atoms with Gasteiger partial charge in [-0.15, -0.1) is 0 Å². The fraction of sp³-hybridized carbons (Fsp3) is 0.611. The van der Waals surface area contributed by atoms with Crippen LogP contribution in [-0.4, -0.2) is 11.0 Å². The second-order valence-electron chi connectivity index (χ2n) is 7.26. The highest BCUT2D eigenvalue weighted by Crippen LogP contribution is 2.56. The molecule has 0 aliphatic heterocycles. The molecule has 4 saturated carbocycles. The van der Waals surface area contributed by atoms with Gasteiger partial charge in [-0.25, -0.2) is 0 Å². The molecule has 3 nitrogen and oxygen atoms in total. The largest absolute Gasteiger partial charge is 0.392 e. The van der Waals surface area contributed by atoms with Crippen molar-refractivity contribution in [2.45, 2.75) is 38.7 Å². The smallest absolute Gasteiger partial charge is 0.228 e. The average Bonchev–Trinajstić information content (AvgIpc) is 2.46. The third-order valence-electron chi connectivity index (χ3n) is 5.98. The molecular weight excluding hydrogens is 262 g/mol. The summed E-state index contributed by atoms with van der Waals surface area (Å²) >= 11 is 0. The fourth-order valence-electron chi connectivity index (χ4n) is 5.35. The number of nitrogens with one attached hydrogen (secondary N) is 1. The molecule has 3 heteroatoms. The minimum atomic E-state index is -0.0296. The molecule has 5 rings (SSSR count). The Balaban J connectivity index is 1.53. The van der Waals surface area contributed by atoms with Crippen LogP contribution in [0.5, 0.6) is 0 Å². The van der Waals surface area contributed by atoms with Gasteiger partial charge >= 0.3 is 0 Å². The van der Waals surface area contributed by atoms with Crippen LogP contribution >= 0.6 is 0 Å². The maximum atomic E-state index is 12.8. The lowest BCUT2D eigenvalue weighted by atomic mass is 9.51. The van der Waals surface area contributed by atoms with E-state index < -0.39 is 0 Å². The molecule has 0 spiro atoms. The number of benzene rings is 1. The summed E-state index contributed by atoms with van der Waals surface area (Å²) in [6.07, 6.45) is 6.44. The summed E-state index contributed by atoms with van der Waals surface area (Å²) in [4.78, 5) is 12.8. The summed E-state index contributed by atoms with van der Waals surface area (Å²) in [6, 6.07) is 7.56. The normalized spacial score (nSPS) is 36.7. The zero-order valence-corrected chi connectivity index (χ0v) is 12.3. The molecule has 0 aromatic heterocycles. The lowest BCUT2D eigenvalue weighted by molar-refractivity contribution is -0.132. The fourth-order valence-corrected chi connectivity index (χ4v) is 5.35. The molecule has 0 atom stereocenters. The topological polar surface area (TPSA) is 49.3 Å². The molecule has 0 saturated heterocycles. The van der Waals surface area contributed by atoms with Gasteiger partial charge in [0.05, 0.1) is 6.61 Å². The highest BCUT2D eigenvalue weighted by molar-refractivity contribution is 5.93. The molecule has 0 unspecified atom stereocenters. The summed E-state index contributed by atoms with van der Waals surface area (Å²) in [6.45, 7) is -0.0296. The van der Waals surface area contributed by atoms with Gasteiger partial charge in [0, 0.05) is 17.2 Å². The highest BCUT2D eigenvalue weighted by Gasteiger charge is 2.50. The first kappa shape index (κ1) is 13.3. The van der Waals surface area contributed by atoms with Crippen LogP contribution in [0, 0.1) is 29.6 Å². The number of para-hydroxylation sites is 1. The van der Waals surface area contributed by atoms with Gasteiger partial charge in [-0.1, -0.05) is 18.2 Å². The molecule has 112 valence electrons. The van der Waals surface area contributed by atoms with Crippen molar-refractivity contribution in [2.75, 3.05) is 5.32 Å². The second kappa shape index (κ2) is 5.13. The Kier molecular flexibility index (Phi) is 3.26. The Hall–Kier alpha value is -1.35. The number of hydrogen-bond acceptors (Lipinski definition) is 2. The van der Waals surface area contributed by atoms with Gasteiger partial charge in [0.1, 0.15) is 0 Å². The molecule has 2 N–H and O–H groups in total. The standard InChI is InChI=1S/C18H23NO2/c20-10-13-3-1-2-4-16(13)19-18(21)17-14-6-11-5-12(8-14)9-15(17)7-11/h1-4,11-12,14-15,17,20H,5-10H2,(H,19,21). The summed E-state index contributed by atoms with van der Waals surface area (Å²) in [5.41, 5.74) is 1.58. The Morgan fingerprint density at radius 1 is 1.05 bits per heavy atom. The van der Waals surface area contributed by atoms with E-state index in [1.54, 1.807) is 0 Å². The number of aliphatic hydroxyl groups is 1. The minimum absolute atomic E-state index is 0.0296. The molecular formula is C18H23NO2. The number of carbonyl (C=O) groups excluding carboxylic acids is 1. The third kappa shape index (κ3) is 2.28. The first-order valence-corrected chi connectivity index (χ1v) is 8.24. The van der Waals surface area contributed by atoms with Crippen molar-refractivity contribution in [3.63, 3.8) is 0 Å². The van der Waals surface area contributed by atoms with Crippen molar-refractivity contribution in [3.05, 3.63) is 29.8 Å². The van der Waals surface area contributed by atoms with Crippen LogP contribution in [0.15, 0.2) is 24.3 Å². The maximum absolute atomic E-state index is 12.8. The van der Waals surface area contributed by atoms with Gasteiger partial charge in [0.25, 0.3) is 0 Å². The predicted octanol–water partition coefficient (Wildman–Crippen LogP) is 3.19. The Labute approximate surface area is 125 Å². The van der Waals surface area contributed by atoms with E-state index in [0.29, 0.717) is 11.8 Å². The van der Waals surface area contributed by atoms with E-state index in [2.05, 4.69) is 5.32 Å². The summed E-state index contributed by atoms with van der Waals surface area (Å²) < 4.78 is 0. The Morgan fingerprint density at radius 3 is 2.29 bits per heavy atom. The van der Waals surface area contributed by atoms with E-state index in [1.165, 1.54) is 32.1 Å². The van der Waals surface area contributed by atoms with E-state index in [4.69, 9.17) is 0 Å². The van der Waals surface area contributed by atoms with Crippen molar-refractivity contribution in [1.29, 1.82) is 0 Å². The van der Waals surface area contributed by atoms with E-state index in [1.807, 2.05) is 24.3 Å². The van der Waals surface area contributed by atoms with E-state index in [-0.39, 0.29) is 18.4 Å². The van der Waals surface area contributed by atoms with Crippen LogP contribution in [0.1, 0.15) is 37.7 Å². The van der Waals surface area contributed by atoms with Gasteiger partial charge in [-0.05, 0) is 61.8 Å². The summed E-state index contributed by atoms with van der Waals surface area (Å²) in [5.74, 6) is 3.36. The molecule has 1 aromatic rings. The summed E-state index contributed by atoms with van der Waals surface area (Å²) in [5, 5.41) is 12.5. The average molecular weight is 285 g/mol. The predicted molar refractivity (Wildman–Crippen MR) is 81.5 cm³/mol. The van der Waals surface area contributed by atoms with E-state index >= 15 is 0 Å². The number of carbonyl (C=O) groups is 1. The van der Waals surface area contributed by atoms with Gasteiger partial charge in [-0.3, -0.25) is 4.79 Å². The van der Waals surface area contributed by atoms with Gasteiger partial charge in [-0.2, -0.15) is 0 Å². The Bertz CT molecular complexity index is 526. The quantitative estimate of drug-likeness (QED) is 0.896. The molecule has 4 bridgehead atoms. The second-order valence-corrected chi connectivity index (χ2v) is 7.26. The monoisotopic (exact) mass is 285 g/mol. The number of amides is 1. The summed E-state index contributed by atoms with van der Waals surface area (Å²) in [7, 11) is 0. The van der Waals surface area contributed by atoms with Crippen LogP contribution < -0.4 is 5.32 Å². The number of aliphatic hydroxyl groups excluding tert-OH is 1. The van der Waals surface area contributed by atoms with Crippen LogP contribution in [0.25, 0.3) is 0 Å². The first-order chi connectivity index (χ1) is 10.2. The van der Waals surface area contributed by atoms with E-state index in [0.717, 1.165) is 23.1 Å². The van der Waals surface area contributed by atoms with Crippen LogP contribution in [0.2, 0.25) is 0 Å². The van der Waals surface area contributed by atoms with Crippen LogP contribution in [0.4, 0.5) is 5.69 Å². The van der Waals surface area contributed by atoms with Crippen molar-refractivity contribution in [1.82, 2.24) is 0 Å². The first-order valence-electron chi connectivity index (χ1n) is 8.24. The molecule has 4 aliphatic carbocycles. The lowest BCUT2D eigenvalue weighted by Gasteiger charge is -2.53. The molecule has 4 aliphatic rings. The SMILES string of the molecule is O=C(Nc1ccccc1CO)C1C2CC3CC(C2)CC1C3. The Morgan fingerprint density at radius 2 is 1.67 bits per heavy atom. The minimum Gasteiger partial charge on any atom is -0.392 e. The molecule has 0 radical (unpaired) electrons. The van der Waals surface area contributed by atoms with Gasteiger partial charge in [0.15, 0.2) is 0 Å².